The Balaban J connectivity index is 1.17. The summed E-state index contributed by atoms with van der Waals surface area (Å²) in [5, 5.41) is 14.1. The van der Waals surface area contributed by atoms with Crippen molar-refractivity contribution in [2.75, 3.05) is 13.6 Å². The molecule has 1 aliphatic rings. The van der Waals surface area contributed by atoms with Crippen LogP contribution in [-0.4, -0.2) is 35.6 Å². The second-order valence-electron chi connectivity index (χ2n) is 12.4. The number of fused-ring (bicyclic) bond motifs is 1. The molecule has 11 heteroatoms. The van der Waals surface area contributed by atoms with Gasteiger partial charge in [0.15, 0.2) is 29.6 Å². The third-order valence-corrected chi connectivity index (χ3v) is 9.17. The quantitative estimate of drug-likeness (QED) is 0.0879. The van der Waals surface area contributed by atoms with Crippen molar-refractivity contribution < 1.29 is 41.3 Å². The summed E-state index contributed by atoms with van der Waals surface area (Å²) < 4.78 is 81.7. The van der Waals surface area contributed by atoms with Gasteiger partial charge in [0.25, 0.3) is 5.91 Å². The lowest BCUT2D eigenvalue weighted by Gasteiger charge is -2.39. The van der Waals surface area contributed by atoms with Gasteiger partial charge in [-0.05, 0) is 53.1 Å². The second-order valence-corrected chi connectivity index (χ2v) is 12.4. The number of likely N-dealkylation sites (N-methyl/N-ethyl adjacent to an activating group) is 1. The van der Waals surface area contributed by atoms with E-state index >= 15 is 0 Å². The van der Waals surface area contributed by atoms with E-state index in [2.05, 4.69) is 47.5 Å². The Morgan fingerprint density at radius 1 is 0.800 bits per heavy atom. The van der Waals surface area contributed by atoms with Crippen LogP contribution in [0.3, 0.4) is 0 Å². The fourth-order valence-electron chi connectivity index (χ4n) is 6.10. The number of hydrogen-bond donors (Lipinski definition) is 2. The summed E-state index contributed by atoms with van der Waals surface area (Å²) in [6, 6.07) is 29.0. The number of nitrogens with one attached hydrogen (secondary N) is 1. The molecule has 0 aromatic heterocycles. The second kappa shape index (κ2) is 15.1. The van der Waals surface area contributed by atoms with Crippen LogP contribution in [0.2, 0.25) is 0 Å². The number of aliphatic hydroxyl groups excluding tert-OH is 1. The molecule has 50 heavy (non-hydrogen) atoms. The molecule has 260 valence electrons. The van der Waals surface area contributed by atoms with Crippen LogP contribution in [0.5, 0.6) is 0 Å². The van der Waals surface area contributed by atoms with Gasteiger partial charge in [-0.25, -0.2) is 22.0 Å². The van der Waals surface area contributed by atoms with E-state index in [9.17, 15) is 31.9 Å². The van der Waals surface area contributed by atoms with Crippen molar-refractivity contribution in [1.29, 1.82) is 0 Å². The van der Waals surface area contributed by atoms with Crippen LogP contribution in [0.4, 0.5) is 22.0 Å². The zero-order chi connectivity index (χ0) is 35.5. The molecule has 4 atom stereocenters. The number of carbonyl (C=O) groups excluding carboxylic acids is 1. The summed E-state index contributed by atoms with van der Waals surface area (Å²) in [4.78, 5) is 14.7. The molecule has 6 rings (SSSR count). The molecule has 0 saturated carbocycles. The van der Waals surface area contributed by atoms with E-state index in [0.717, 1.165) is 11.1 Å². The first-order valence-corrected chi connectivity index (χ1v) is 16.1. The normalized spacial score (nSPS) is 18.4. The van der Waals surface area contributed by atoms with Gasteiger partial charge in [0.05, 0.1) is 18.8 Å². The van der Waals surface area contributed by atoms with Gasteiger partial charge in [-0.15, -0.1) is 0 Å². The summed E-state index contributed by atoms with van der Waals surface area (Å²) in [6.45, 7) is 2.42. The number of halogens is 5. The van der Waals surface area contributed by atoms with Gasteiger partial charge in [-0.3, -0.25) is 9.69 Å². The van der Waals surface area contributed by atoms with E-state index in [1.54, 1.807) is 24.3 Å². The smallest absolute Gasteiger partial charge is 0.257 e. The minimum absolute atomic E-state index is 0.0774. The van der Waals surface area contributed by atoms with Crippen LogP contribution in [-0.2, 0) is 22.6 Å². The molecule has 0 bridgehead atoms. The maximum absolute atomic E-state index is 14.1. The van der Waals surface area contributed by atoms with Crippen LogP contribution in [0, 0.1) is 29.1 Å². The molecule has 0 spiro atoms. The van der Waals surface area contributed by atoms with Gasteiger partial charge in [0.1, 0.15) is 5.56 Å². The first-order valence-electron chi connectivity index (χ1n) is 16.1. The number of aliphatic hydroxyl groups is 1. The highest BCUT2D eigenvalue weighted by atomic mass is 19.2. The maximum Gasteiger partial charge on any atom is 0.257 e. The fraction of sp³-hybridized carbons (Fsp3) is 0.256. The standard InChI is InChI=1S/C39H35F5N2O4/c1-22(28-16-15-25-5-3-4-6-29(25)17-28)46(2)20-30-18-31(26-11-9-24(21-47)10-12-26)50-39(49-30)27-13-7-23(8-14-27)19-45-38(48)32-33(40)35(42)37(44)36(43)34(32)41/h3-17,22,30-31,39,47H,18-21H2,1-2H3,(H,45,48)/t22-,30-,31+,39+/m1/s1. The van der Waals surface area contributed by atoms with Crippen molar-refractivity contribution >= 4 is 16.7 Å². The molecule has 1 saturated heterocycles. The summed E-state index contributed by atoms with van der Waals surface area (Å²) in [5.41, 5.74) is 2.50. The molecular weight excluding hydrogens is 655 g/mol. The number of ether oxygens (including phenoxy) is 2. The molecule has 5 aromatic carbocycles. The van der Waals surface area contributed by atoms with Crippen LogP contribution < -0.4 is 5.32 Å². The molecule has 2 N–H and O–H groups in total. The van der Waals surface area contributed by atoms with E-state index in [-0.39, 0.29) is 31.4 Å². The van der Waals surface area contributed by atoms with E-state index < -0.39 is 46.8 Å². The Kier molecular flexibility index (Phi) is 10.6. The SMILES string of the molecule is C[C@H](c1ccc2ccccc2c1)N(C)C[C@H]1C[C@@H](c2ccc(CO)cc2)O[C@@H](c2ccc(CNC(=O)c3c(F)c(F)c(F)c(F)c3F)cc2)O1. The van der Waals surface area contributed by atoms with Crippen molar-refractivity contribution in [3.8, 4) is 0 Å². The minimum atomic E-state index is -2.34. The Morgan fingerprint density at radius 3 is 2.06 bits per heavy atom. The Morgan fingerprint density at radius 2 is 1.40 bits per heavy atom. The summed E-state index contributed by atoms with van der Waals surface area (Å²) in [6.07, 6.45) is -0.746. The number of rotatable bonds is 10. The lowest BCUT2D eigenvalue weighted by atomic mass is 9.98. The topological polar surface area (TPSA) is 71.0 Å². The number of benzene rings is 5. The molecule has 1 fully saturated rings. The molecule has 0 unspecified atom stereocenters. The van der Waals surface area contributed by atoms with E-state index in [1.165, 1.54) is 16.3 Å². The monoisotopic (exact) mass is 690 g/mol. The molecule has 0 aliphatic carbocycles. The van der Waals surface area contributed by atoms with Gasteiger partial charge in [0.2, 0.25) is 5.82 Å². The molecular formula is C39H35F5N2O4. The number of carbonyl (C=O) groups is 1. The van der Waals surface area contributed by atoms with Crippen LogP contribution in [0.25, 0.3) is 10.8 Å². The molecule has 1 heterocycles. The Hall–Kier alpha value is -4.68. The summed E-state index contributed by atoms with van der Waals surface area (Å²) in [5.74, 6) is -12.6. The van der Waals surface area contributed by atoms with E-state index in [0.29, 0.717) is 24.1 Å². The lowest BCUT2D eigenvalue weighted by molar-refractivity contribution is -0.253. The highest BCUT2D eigenvalue weighted by Crippen LogP contribution is 2.39. The Bertz CT molecular complexity index is 1960. The molecule has 1 amide bonds. The fourth-order valence-corrected chi connectivity index (χ4v) is 6.10. The van der Waals surface area contributed by atoms with Crippen molar-refractivity contribution in [1.82, 2.24) is 10.2 Å². The first-order chi connectivity index (χ1) is 24.0. The van der Waals surface area contributed by atoms with Crippen molar-refractivity contribution in [3.05, 3.63) is 153 Å². The van der Waals surface area contributed by atoms with Crippen LogP contribution in [0.1, 0.15) is 70.0 Å². The van der Waals surface area contributed by atoms with Crippen molar-refractivity contribution in [2.45, 2.75) is 51.0 Å². The highest BCUT2D eigenvalue weighted by Gasteiger charge is 2.34. The van der Waals surface area contributed by atoms with E-state index in [1.807, 2.05) is 43.4 Å². The van der Waals surface area contributed by atoms with Crippen molar-refractivity contribution in [3.63, 3.8) is 0 Å². The van der Waals surface area contributed by atoms with Crippen LogP contribution in [0.15, 0.2) is 91.0 Å². The molecule has 1 aliphatic heterocycles. The van der Waals surface area contributed by atoms with Crippen molar-refractivity contribution in [2.24, 2.45) is 0 Å². The summed E-state index contributed by atoms with van der Waals surface area (Å²) >= 11 is 0. The van der Waals surface area contributed by atoms with Gasteiger partial charge < -0.3 is 19.9 Å². The lowest BCUT2D eigenvalue weighted by Crippen LogP contribution is -2.38. The largest absolute Gasteiger partial charge is 0.392 e. The third kappa shape index (κ3) is 7.41. The average molecular weight is 691 g/mol. The Labute approximate surface area is 286 Å². The average Bonchev–Trinajstić information content (AvgIpc) is 3.15. The first kappa shape index (κ1) is 35.2. The van der Waals surface area contributed by atoms with Gasteiger partial charge >= 0.3 is 0 Å². The summed E-state index contributed by atoms with van der Waals surface area (Å²) in [7, 11) is 2.05. The molecule has 6 nitrogen and oxygen atoms in total. The highest BCUT2D eigenvalue weighted by molar-refractivity contribution is 5.94. The predicted molar refractivity (Wildman–Crippen MR) is 177 cm³/mol. The number of hydrogen-bond acceptors (Lipinski definition) is 5. The third-order valence-electron chi connectivity index (χ3n) is 9.17. The van der Waals surface area contributed by atoms with Gasteiger partial charge in [0, 0.05) is 31.1 Å². The van der Waals surface area contributed by atoms with Gasteiger partial charge in [-0.1, -0.05) is 84.9 Å². The maximum atomic E-state index is 14.1. The van der Waals surface area contributed by atoms with Gasteiger partial charge in [-0.2, -0.15) is 0 Å². The zero-order valence-electron chi connectivity index (χ0n) is 27.3. The zero-order valence-corrected chi connectivity index (χ0v) is 27.3. The number of nitrogens with zero attached hydrogens (tertiary/aromatic N) is 1. The van der Waals surface area contributed by atoms with Crippen LogP contribution >= 0.6 is 0 Å². The molecule has 5 aromatic rings. The van der Waals surface area contributed by atoms with E-state index in [4.69, 9.17) is 9.47 Å². The predicted octanol–water partition coefficient (Wildman–Crippen LogP) is 8.20. The minimum Gasteiger partial charge on any atom is -0.392 e. The number of amides is 1. The molecule has 0 radical (unpaired) electrons.